The van der Waals surface area contributed by atoms with Crippen molar-refractivity contribution < 1.29 is 4.74 Å². The van der Waals surface area contributed by atoms with E-state index in [2.05, 4.69) is 26.2 Å². The Morgan fingerprint density at radius 1 is 0.773 bits per heavy atom. The number of ether oxygens (including phenoxy) is 1. The molecule has 0 bridgehead atoms. The van der Waals surface area contributed by atoms with Gasteiger partial charge in [-0.1, -0.05) is 59.1 Å². The van der Waals surface area contributed by atoms with E-state index in [0.29, 0.717) is 0 Å². The molecule has 0 atom stereocenters. The summed E-state index contributed by atoms with van der Waals surface area (Å²) in [6.45, 7) is 0.722. The van der Waals surface area contributed by atoms with Crippen molar-refractivity contribution in [3.63, 3.8) is 0 Å². The molecule has 0 aliphatic rings. The van der Waals surface area contributed by atoms with Crippen molar-refractivity contribution in [1.29, 1.82) is 0 Å². The molecule has 0 aromatic heterocycles. The molecule has 4 heteroatoms. The molecule has 0 aliphatic heterocycles. The third-order valence-corrected chi connectivity index (χ3v) is 3.74. The molecule has 2 aromatic carbocycles. The summed E-state index contributed by atoms with van der Waals surface area (Å²) in [7, 11) is 0. The van der Waals surface area contributed by atoms with Crippen molar-refractivity contribution in [2.45, 2.75) is 25.7 Å². The molecule has 116 valence electrons. The average molecular weight is 361 g/mol. The van der Waals surface area contributed by atoms with Crippen LogP contribution in [-0.2, 0) is 0 Å². The van der Waals surface area contributed by atoms with Crippen LogP contribution in [0.1, 0.15) is 25.7 Å². The number of benzene rings is 2. The zero-order valence-corrected chi connectivity index (χ0v) is 14.2. The maximum absolute atomic E-state index is 5.84. The van der Waals surface area contributed by atoms with Gasteiger partial charge < -0.3 is 4.74 Å². The first-order valence-corrected chi connectivity index (χ1v) is 8.77. The summed E-state index contributed by atoms with van der Waals surface area (Å²) in [5, 5.41) is 9.62. The van der Waals surface area contributed by atoms with Crippen LogP contribution >= 0.6 is 15.9 Å². The average Bonchev–Trinajstić information content (AvgIpc) is 2.58. The first kappa shape index (κ1) is 16.7. The highest BCUT2D eigenvalue weighted by molar-refractivity contribution is 9.09. The highest BCUT2D eigenvalue weighted by atomic mass is 79.9. The second-order valence-corrected chi connectivity index (χ2v) is 5.75. The Kier molecular flexibility index (Phi) is 7.67. The van der Waals surface area contributed by atoms with E-state index < -0.39 is 0 Å². The molecular formula is C18H21BrN2O. The Bertz CT molecular complexity index is 572. The number of halogens is 1. The number of alkyl halides is 1. The standard InChI is InChI=1S/C18H21BrN2O/c19-14-8-1-2-9-15-22-18-13-7-6-12-17(18)21-20-16-10-4-3-5-11-16/h3-7,10-13H,1-2,8-9,14-15H2. The van der Waals surface area contributed by atoms with Crippen LogP contribution < -0.4 is 4.74 Å². The smallest absolute Gasteiger partial charge is 0.146 e. The van der Waals surface area contributed by atoms with Gasteiger partial charge in [-0.2, -0.15) is 5.11 Å². The number of unbranched alkanes of at least 4 members (excludes halogenated alkanes) is 3. The van der Waals surface area contributed by atoms with E-state index in [9.17, 15) is 0 Å². The van der Waals surface area contributed by atoms with E-state index in [1.54, 1.807) is 0 Å². The minimum atomic E-state index is 0.722. The summed E-state index contributed by atoms with van der Waals surface area (Å²) < 4.78 is 5.84. The Labute approximate surface area is 140 Å². The minimum absolute atomic E-state index is 0.722. The molecule has 2 aromatic rings. The molecular weight excluding hydrogens is 340 g/mol. The van der Waals surface area contributed by atoms with Gasteiger partial charge in [0.2, 0.25) is 0 Å². The fourth-order valence-corrected chi connectivity index (χ4v) is 2.40. The Balaban J connectivity index is 1.88. The molecule has 0 radical (unpaired) electrons. The van der Waals surface area contributed by atoms with E-state index in [4.69, 9.17) is 4.74 Å². The zero-order valence-electron chi connectivity index (χ0n) is 12.6. The molecule has 0 spiro atoms. The fourth-order valence-electron chi connectivity index (χ4n) is 2.00. The number of azo groups is 1. The van der Waals surface area contributed by atoms with Gasteiger partial charge >= 0.3 is 0 Å². The quantitative estimate of drug-likeness (QED) is 0.288. The summed E-state index contributed by atoms with van der Waals surface area (Å²) in [5.74, 6) is 0.794. The molecule has 22 heavy (non-hydrogen) atoms. The number of hydrogen-bond donors (Lipinski definition) is 0. The second-order valence-electron chi connectivity index (χ2n) is 4.95. The van der Waals surface area contributed by atoms with Gasteiger partial charge in [0.15, 0.2) is 0 Å². The van der Waals surface area contributed by atoms with E-state index in [1.165, 1.54) is 19.3 Å². The molecule has 0 heterocycles. The lowest BCUT2D eigenvalue weighted by molar-refractivity contribution is 0.306. The number of para-hydroxylation sites is 1. The van der Waals surface area contributed by atoms with Crippen LogP contribution in [-0.4, -0.2) is 11.9 Å². The van der Waals surface area contributed by atoms with Crippen LogP contribution in [0.3, 0.4) is 0 Å². The van der Waals surface area contributed by atoms with Gasteiger partial charge in [-0.15, -0.1) is 5.11 Å². The summed E-state index contributed by atoms with van der Waals surface area (Å²) in [6, 6.07) is 17.5. The second kappa shape index (κ2) is 10.1. The first-order valence-electron chi connectivity index (χ1n) is 7.65. The Hall–Kier alpha value is -1.68. The third kappa shape index (κ3) is 5.98. The molecule has 0 unspecified atom stereocenters. The lowest BCUT2D eigenvalue weighted by atomic mass is 10.2. The molecule has 0 N–H and O–H groups in total. The van der Waals surface area contributed by atoms with Crippen molar-refractivity contribution in [2.24, 2.45) is 10.2 Å². The fraction of sp³-hybridized carbons (Fsp3) is 0.333. The predicted molar refractivity (Wildman–Crippen MR) is 94.8 cm³/mol. The zero-order chi connectivity index (χ0) is 15.5. The predicted octanol–water partition coefficient (Wildman–Crippen LogP) is 6.44. The summed E-state index contributed by atoms with van der Waals surface area (Å²) in [4.78, 5) is 0. The largest absolute Gasteiger partial charge is 0.491 e. The van der Waals surface area contributed by atoms with Crippen molar-refractivity contribution in [1.82, 2.24) is 0 Å². The third-order valence-electron chi connectivity index (χ3n) is 3.18. The van der Waals surface area contributed by atoms with E-state index in [0.717, 1.165) is 35.5 Å². The molecule has 2 rings (SSSR count). The highest BCUT2D eigenvalue weighted by Crippen LogP contribution is 2.28. The van der Waals surface area contributed by atoms with Crippen LogP contribution in [0, 0.1) is 0 Å². The topological polar surface area (TPSA) is 34.0 Å². The van der Waals surface area contributed by atoms with Crippen molar-refractivity contribution >= 4 is 27.3 Å². The molecule has 0 saturated heterocycles. The normalized spacial score (nSPS) is 11.0. The molecule has 0 saturated carbocycles. The molecule has 3 nitrogen and oxygen atoms in total. The lowest BCUT2D eigenvalue weighted by Gasteiger charge is -2.07. The number of rotatable bonds is 9. The maximum Gasteiger partial charge on any atom is 0.146 e. The summed E-state index contributed by atoms with van der Waals surface area (Å²) >= 11 is 3.45. The summed E-state index contributed by atoms with van der Waals surface area (Å²) in [6.07, 6.45) is 4.72. The van der Waals surface area contributed by atoms with Gasteiger partial charge in [-0.05, 0) is 37.1 Å². The molecule has 0 amide bonds. The van der Waals surface area contributed by atoms with Crippen LogP contribution in [0.4, 0.5) is 11.4 Å². The van der Waals surface area contributed by atoms with Gasteiger partial charge in [0.1, 0.15) is 11.4 Å². The van der Waals surface area contributed by atoms with Gasteiger partial charge in [-0.25, -0.2) is 0 Å². The SMILES string of the molecule is BrCCCCCCOc1ccccc1N=Nc1ccccc1. The summed E-state index contributed by atoms with van der Waals surface area (Å²) in [5.41, 5.74) is 1.61. The first-order chi connectivity index (χ1) is 10.9. The minimum Gasteiger partial charge on any atom is -0.491 e. The van der Waals surface area contributed by atoms with Crippen molar-refractivity contribution in [3.05, 3.63) is 54.6 Å². The maximum atomic E-state index is 5.84. The van der Waals surface area contributed by atoms with E-state index in [-0.39, 0.29) is 0 Å². The van der Waals surface area contributed by atoms with E-state index >= 15 is 0 Å². The molecule has 0 fully saturated rings. The molecule has 0 aliphatic carbocycles. The number of hydrogen-bond acceptors (Lipinski definition) is 3. The van der Waals surface area contributed by atoms with Crippen molar-refractivity contribution in [3.8, 4) is 5.75 Å². The van der Waals surface area contributed by atoms with Crippen LogP contribution in [0.2, 0.25) is 0 Å². The van der Waals surface area contributed by atoms with Crippen LogP contribution in [0.5, 0.6) is 5.75 Å². The van der Waals surface area contributed by atoms with Crippen LogP contribution in [0.15, 0.2) is 64.8 Å². The van der Waals surface area contributed by atoms with Gasteiger partial charge in [-0.3, -0.25) is 0 Å². The van der Waals surface area contributed by atoms with Gasteiger partial charge in [0.05, 0.1) is 12.3 Å². The highest BCUT2D eigenvalue weighted by Gasteiger charge is 2.01. The number of nitrogens with zero attached hydrogens (tertiary/aromatic N) is 2. The lowest BCUT2D eigenvalue weighted by Crippen LogP contribution is -1.97. The Morgan fingerprint density at radius 3 is 2.32 bits per heavy atom. The van der Waals surface area contributed by atoms with E-state index in [1.807, 2.05) is 54.6 Å². The van der Waals surface area contributed by atoms with Crippen LogP contribution in [0.25, 0.3) is 0 Å². The van der Waals surface area contributed by atoms with Gasteiger partial charge in [0, 0.05) is 5.33 Å². The van der Waals surface area contributed by atoms with Crippen molar-refractivity contribution in [2.75, 3.05) is 11.9 Å². The Morgan fingerprint density at radius 2 is 1.50 bits per heavy atom. The van der Waals surface area contributed by atoms with Gasteiger partial charge in [0.25, 0.3) is 0 Å². The monoisotopic (exact) mass is 360 g/mol.